The maximum Gasteiger partial charge on any atom is 0.305 e. The second-order valence-electron chi connectivity index (χ2n) is 5.01. The highest BCUT2D eigenvalue weighted by molar-refractivity contribution is 14.1. The third-order valence-corrected chi connectivity index (χ3v) is 5.81. The molecule has 2 aromatic carbocycles. The largest absolute Gasteiger partial charge is 0.481 e. The van der Waals surface area contributed by atoms with Crippen molar-refractivity contribution < 1.29 is 18.3 Å². The SMILES string of the molecule is Cc1ccc(S(=O)(=O)N(CCC(=O)O)c2ccc(I)cc2)cc1. The Morgan fingerprint density at radius 3 is 2.17 bits per heavy atom. The number of nitrogens with zero attached hydrogens (tertiary/aromatic N) is 1. The minimum atomic E-state index is -3.81. The lowest BCUT2D eigenvalue weighted by atomic mass is 10.2. The molecule has 0 aliphatic heterocycles. The van der Waals surface area contributed by atoms with Crippen LogP contribution in [0.1, 0.15) is 12.0 Å². The quantitative estimate of drug-likeness (QED) is 0.693. The Hall–Kier alpha value is -1.61. The predicted octanol–water partition coefficient (Wildman–Crippen LogP) is 3.27. The Balaban J connectivity index is 2.44. The van der Waals surface area contributed by atoms with E-state index in [4.69, 9.17) is 5.11 Å². The van der Waals surface area contributed by atoms with Gasteiger partial charge in [0.15, 0.2) is 0 Å². The molecule has 2 rings (SSSR count). The van der Waals surface area contributed by atoms with Gasteiger partial charge in [-0.05, 0) is 65.9 Å². The Labute approximate surface area is 149 Å². The van der Waals surface area contributed by atoms with Crippen molar-refractivity contribution in [1.29, 1.82) is 0 Å². The van der Waals surface area contributed by atoms with Crippen LogP contribution in [0.2, 0.25) is 0 Å². The van der Waals surface area contributed by atoms with Crippen LogP contribution >= 0.6 is 22.6 Å². The van der Waals surface area contributed by atoms with Gasteiger partial charge in [-0.2, -0.15) is 0 Å². The molecule has 2 aromatic rings. The summed E-state index contributed by atoms with van der Waals surface area (Å²) in [4.78, 5) is 11.0. The fraction of sp³-hybridized carbons (Fsp3) is 0.188. The minimum absolute atomic E-state index is 0.119. The Bertz CT molecular complexity index is 786. The van der Waals surface area contributed by atoms with Gasteiger partial charge in [-0.15, -0.1) is 0 Å². The van der Waals surface area contributed by atoms with E-state index in [1.807, 2.05) is 6.92 Å². The first-order valence-electron chi connectivity index (χ1n) is 6.87. The van der Waals surface area contributed by atoms with Gasteiger partial charge in [0.1, 0.15) is 0 Å². The molecule has 5 nitrogen and oxygen atoms in total. The minimum Gasteiger partial charge on any atom is -0.481 e. The van der Waals surface area contributed by atoms with Crippen molar-refractivity contribution in [2.24, 2.45) is 0 Å². The fourth-order valence-corrected chi connectivity index (χ4v) is 3.86. The van der Waals surface area contributed by atoms with Gasteiger partial charge in [0, 0.05) is 10.1 Å². The Morgan fingerprint density at radius 1 is 1.09 bits per heavy atom. The molecule has 0 radical (unpaired) electrons. The van der Waals surface area contributed by atoms with Gasteiger partial charge < -0.3 is 5.11 Å². The number of aliphatic carboxylic acids is 1. The highest BCUT2D eigenvalue weighted by Crippen LogP contribution is 2.25. The zero-order valence-corrected chi connectivity index (χ0v) is 15.4. The summed E-state index contributed by atoms with van der Waals surface area (Å²) in [6.07, 6.45) is -0.267. The standard InChI is InChI=1S/C16H16INO4S/c1-12-2-8-15(9-3-12)23(21,22)18(11-10-16(19)20)14-6-4-13(17)5-7-14/h2-9H,10-11H2,1H3,(H,19,20). The predicted molar refractivity (Wildman–Crippen MR) is 97.1 cm³/mol. The Kier molecular flexibility index (Phi) is 5.64. The third-order valence-electron chi connectivity index (χ3n) is 3.25. The van der Waals surface area contributed by atoms with Gasteiger partial charge in [0.05, 0.1) is 17.0 Å². The van der Waals surface area contributed by atoms with Gasteiger partial charge in [-0.1, -0.05) is 17.7 Å². The van der Waals surface area contributed by atoms with E-state index in [2.05, 4.69) is 22.6 Å². The van der Waals surface area contributed by atoms with Crippen LogP contribution in [0.3, 0.4) is 0 Å². The summed E-state index contributed by atoms with van der Waals surface area (Å²) in [6.45, 7) is 1.75. The second-order valence-corrected chi connectivity index (χ2v) is 8.12. The van der Waals surface area contributed by atoms with Crippen molar-refractivity contribution in [2.45, 2.75) is 18.2 Å². The number of aryl methyl sites for hydroxylation is 1. The highest BCUT2D eigenvalue weighted by Gasteiger charge is 2.25. The average Bonchev–Trinajstić information content (AvgIpc) is 2.49. The van der Waals surface area contributed by atoms with Crippen molar-refractivity contribution in [1.82, 2.24) is 0 Å². The van der Waals surface area contributed by atoms with Crippen molar-refractivity contribution in [2.75, 3.05) is 10.8 Å². The van der Waals surface area contributed by atoms with Gasteiger partial charge in [-0.25, -0.2) is 8.42 Å². The number of carboxylic acid groups (broad SMARTS) is 1. The van der Waals surface area contributed by atoms with Crippen LogP contribution in [0.25, 0.3) is 0 Å². The molecule has 23 heavy (non-hydrogen) atoms. The molecule has 0 saturated heterocycles. The van der Waals surface area contributed by atoms with Crippen molar-refractivity contribution in [3.05, 3.63) is 57.7 Å². The molecule has 0 aliphatic carbocycles. The topological polar surface area (TPSA) is 74.7 Å². The first kappa shape index (κ1) is 17.7. The van der Waals surface area contributed by atoms with Crippen LogP contribution in [-0.4, -0.2) is 26.0 Å². The molecule has 0 spiro atoms. The summed E-state index contributed by atoms with van der Waals surface area (Å²) in [5, 5.41) is 8.90. The smallest absolute Gasteiger partial charge is 0.305 e. The summed E-state index contributed by atoms with van der Waals surface area (Å²) >= 11 is 2.13. The highest BCUT2D eigenvalue weighted by atomic mass is 127. The number of benzene rings is 2. The maximum absolute atomic E-state index is 12.9. The summed E-state index contributed by atoms with van der Waals surface area (Å²) in [5.41, 5.74) is 1.41. The normalized spacial score (nSPS) is 11.2. The third kappa shape index (κ3) is 4.44. The summed E-state index contributed by atoms with van der Waals surface area (Å²) in [5.74, 6) is -1.04. The van der Waals surface area contributed by atoms with Crippen molar-refractivity contribution >= 4 is 44.3 Å². The van der Waals surface area contributed by atoms with Crippen LogP contribution in [0, 0.1) is 10.5 Å². The number of anilines is 1. The zero-order valence-electron chi connectivity index (χ0n) is 12.4. The van der Waals surface area contributed by atoms with Crippen LogP contribution in [0.15, 0.2) is 53.4 Å². The van der Waals surface area contributed by atoms with Crippen molar-refractivity contribution in [3.63, 3.8) is 0 Å². The molecule has 0 amide bonds. The van der Waals surface area contributed by atoms with E-state index in [-0.39, 0.29) is 17.9 Å². The molecule has 0 aliphatic rings. The molecule has 7 heteroatoms. The fourth-order valence-electron chi connectivity index (χ4n) is 2.03. The number of hydrogen-bond donors (Lipinski definition) is 1. The van der Waals surface area contributed by atoms with Crippen LogP contribution in [0.5, 0.6) is 0 Å². The second kappa shape index (κ2) is 7.31. The first-order valence-corrected chi connectivity index (χ1v) is 9.39. The molecule has 0 fully saturated rings. The lowest BCUT2D eigenvalue weighted by Crippen LogP contribution is -2.33. The van der Waals surface area contributed by atoms with Crippen LogP contribution in [0.4, 0.5) is 5.69 Å². The molecule has 0 aromatic heterocycles. The number of carbonyl (C=O) groups is 1. The lowest BCUT2D eigenvalue weighted by molar-refractivity contribution is -0.136. The van der Waals surface area contributed by atoms with Gasteiger partial charge in [-0.3, -0.25) is 9.10 Å². The van der Waals surface area contributed by atoms with Gasteiger partial charge in [0.2, 0.25) is 0 Å². The molecule has 0 saturated carbocycles. The number of hydrogen-bond acceptors (Lipinski definition) is 3. The molecule has 1 N–H and O–H groups in total. The van der Waals surface area contributed by atoms with E-state index in [1.54, 1.807) is 36.4 Å². The Morgan fingerprint density at radius 2 is 1.65 bits per heavy atom. The molecule has 122 valence electrons. The average molecular weight is 445 g/mol. The number of halogens is 1. The molecule has 0 atom stereocenters. The molecule has 0 heterocycles. The van der Waals surface area contributed by atoms with Crippen LogP contribution in [-0.2, 0) is 14.8 Å². The first-order chi connectivity index (χ1) is 10.8. The van der Waals surface area contributed by atoms with Crippen molar-refractivity contribution in [3.8, 4) is 0 Å². The number of rotatable bonds is 6. The monoisotopic (exact) mass is 445 g/mol. The van der Waals surface area contributed by atoms with E-state index in [0.29, 0.717) is 5.69 Å². The lowest BCUT2D eigenvalue weighted by Gasteiger charge is -2.24. The van der Waals surface area contributed by atoms with E-state index >= 15 is 0 Å². The van der Waals surface area contributed by atoms with E-state index in [9.17, 15) is 13.2 Å². The summed E-state index contributed by atoms with van der Waals surface area (Å²) < 4.78 is 27.9. The zero-order chi connectivity index (χ0) is 17.0. The number of sulfonamides is 1. The summed E-state index contributed by atoms with van der Waals surface area (Å²) in [6, 6.07) is 13.4. The molecular formula is C16H16INO4S. The van der Waals surface area contributed by atoms with E-state index < -0.39 is 16.0 Å². The van der Waals surface area contributed by atoms with Gasteiger partial charge in [0.25, 0.3) is 10.0 Å². The summed E-state index contributed by atoms with van der Waals surface area (Å²) in [7, 11) is -3.81. The molecule has 0 unspecified atom stereocenters. The molecular weight excluding hydrogens is 429 g/mol. The molecule has 0 bridgehead atoms. The van der Waals surface area contributed by atoms with Gasteiger partial charge >= 0.3 is 5.97 Å². The number of carboxylic acids is 1. The van der Waals surface area contributed by atoms with Crippen LogP contribution < -0.4 is 4.31 Å². The van der Waals surface area contributed by atoms with E-state index in [1.165, 1.54) is 12.1 Å². The maximum atomic E-state index is 12.9. The van der Waals surface area contributed by atoms with E-state index in [0.717, 1.165) is 13.4 Å².